The monoisotopic (exact) mass is 455 g/mol. The van der Waals surface area contributed by atoms with Crippen molar-refractivity contribution in [3.63, 3.8) is 0 Å². The van der Waals surface area contributed by atoms with E-state index >= 15 is 0 Å². The number of aliphatic hydroxyl groups is 1. The molecule has 1 N–H and O–H groups in total. The van der Waals surface area contributed by atoms with Crippen LogP contribution in [0.15, 0.2) is 60.9 Å². The third-order valence-corrected chi connectivity index (χ3v) is 6.55. The summed E-state index contributed by atoms with van der Waals surface area (Å²) in [6, 6.07) is 15.8. The van der Waals surface area contributed by atoms with Gasteiger partial charge in [-0.1, -0.05) is 35.9 Å². The number of para-hydroxylation sites is 1. The molecule has 1 saturated heterocycles. The highest BCUT2D eigenvalue weighted by atomic mass is 35.5. The van der Waals surface area contributed by atoms with Crippen LogP contribution < -0.4 is 0 Å². The van der Waals surface area contributed by atoms with Crippen LogP contribution in [-0.2, 0) is 21.6 Å². The van der Waals surface area contributed by atoms with Crippen molar-refractivity contribution in [2.45, 2.75) is 44.2 Å². The molecule has 2 heterocycles. The maximum Gasteiger partial charge on any atom is 0.183 e. The SMILES string of the molecule is COC(OC)c1ccc(Cl)cc1C1(O)CCN(Cc2cnn(-c3ccccc3)c2)[C@@H](C)C1. The van der Waals surface area contributed by atoms with E-state index in [1.54, 1.807) is 20.3 Å². The summed E-state index contributed by atoms with van der Waals surface area (Å²) in [7, 11) is 3.19. The Labute approximate surface area is 194 Å². The number of piperidine rings is 1. The van der Waals surface area contributed by atoms with Crippen molar-refractivity contribution in [3.8, 4) is 5.69 Å². The lowest BCUT2D eigenvalue weighted by molar-refractivity contribution is -0.111. The van der Waals surface area contributed by atoms with Gasteiger partial charge in [0.15, 0.2) is 6.29 Å². The van der Waals surface area contributed by atoms with Crippen molar-refractivity contribution in [2.24, 2.45) is 0 Å². The number of nitrogens with zero attached hydrogens (tertiary/aromatic N) is 3. The number of benzene rings is 2. The van der Waals surface area contributed by atoms with E-state index < -0.39 is 11.9 Å². The van der Waals surface area contributed by atoms with E-state index in [0.29, 0.717) is 17.9 Å². The van der Waals surface area contributed by atoms with Crippen LogP contribution >= 0.6 is 11.6 Å². The Morgan fingerprint density at radius 1 is 1.19 bits per heavy atom. The maximum atomic E-state index is 11.7. The van der Waals surface area contributed by atoms with Gasteiger partial charge < -0.3 is 14.6 Å². The van der Waals surface area contributed by atoms with Crippen LogP contribution in [0.4, 0.5) is 0 Å². The normalized spacial score (nSPS) is 21.9. The molecule has 0 radical (unpaired) electrons. The Hall–Kier alpha value is -2.22. The van der Waals surface area contributed by atoms with Crippen LogP contribution in [0.1, 0.15) is 42.7 Å². The van der Waals surface area contributed by atoms with Gasteiger partial charge in [-0.2, -0.15) is 5.10 Å². The molecule has 0 spiro atoms. The number of aromatic nitrogens is 2. The highest BCUT2D eigenvalue weighted by molar-refractivity contribution is 6.30. The van der Waals surface area contributed by atoms with E-state index in [9.17, 15) is 5.11 Å². The van der Waals surface area contributed by atoms with E-state index in [1.807, 2.05) is 53.3 Å². The third kappa shape index (κ3) is 4.75. The minimum absolute atomic E-state index is 0.171. The molecular weight excluding hydrogens is 426 g/mol. The average Bonchev–Trinajstić information content (AvgIpc) is 3.27. The second kappa shape index (κ2) is 9.73. The number of ether oxygens (including phenoxy) is 2. The van der Waals surface area contributed by atoms with E-state index in [4.69, 9.17) is 21.1 Å². The first-order valence-corrected chi connectivity index (χ1v) is 11.2. The number of methoxy groups -OCH3 is 2. The fourth-order valence-corrected chi connectivity index (χ4v) is 4.81. The van der Waals surface area contributed by atoms with Gasteiger partial charge in [0.05, 0.1) is 17.5 Å². The van der Waals surface area contributed by atoms with Crippen LogP contribution in [-0.4, -0.2) is 46.6 Å². The Kier molecular flexibility index (Phi) is 6.98. The van der Waals surface area contributed by atoms with Crippen LogP contribution in [0.25, 0.3) is 5.69 Å². The molecule has 7 heteroatoms. The number of hydrogen-bond donors (Lipinski definition) is 1. The quantitative estimate of drug-likeness (QED) is 0.524. The van der Waals surface area contributed by atoms with Gasteiger partial charge in [-0.05, 0) is 49.6 Å². The molecule has 2 aromatic carbocycles. The van der Waals surface area contributed by atoms with E-state index in [1.165, 1.54) is 0 Å². The smallest absolute Gasteiger partial charge is 0.183 e. The molecule has 0 bridgehead atoms. The zero-order valence-electron chi connectivity index (χ0n) is 18.7. The van der Waals surface area contributed by atoms with Crippen molar-refractivity contribution in [1.29, 1.82) is 0 Å². The summed E-state index contributed by atoms with van der Waals surface area (Å²) in [5.74, 6) is 0. The Balaban J connectivity index is 1.50. The van der Waals surface area contributed by atoms with Crippen molar-refractivity contribution in [3.05, 3.63) is 82.6 Å². The van der Waals surface area contributed by atoms with Crippen molar-refractivity contribution >= 4 is 11.6 Å². The van der Waals surface area contributed by atoms with E-state index in [2.05, 4.69) is 23.1 Å². The molecule has 1 aliphatic heterocycles. The summed E-state index contributed by atoms with van der Waals surface area (Å²) in [6.45, 7) is 3.69. The van der Waals surface area contributed by atoms with Crippen LogP contribution in [0.5, 0.6) is 0 Å². The molecule has 0 amide bonds. The molecule has 3 aromatic rings. The average molecular weight is 456 g/mol. The van der Waals surface area contributed by atoms with Gasteiger partial charge in [0.1, 0.15) is 0 Å². The number of halogens is 1. The van der Waals surface area contributed by atoms with Gasteiger partial charge in [-0.25, -0.2) is 4.68 Å². The number of rotatable bonds is 7. The third-order valence-electron chi connectivity index (χ3n) is 6.31. The summed E-state index contributed by atoms with van der Waals surface area (Å²) >= 11 is 6.30. The highest BCUT2D eigenvalue weighted by Gasteiger charge is 2.40. The number of likely N-dealkylation sites (tertiary alicyclic amines) is 1. The lowest BCUT2D eigenvalue weighted by Crippen LogP contribution is -2.47. The Morgan fingerprint density at radius 2 is 1.94 bits per heavy atom. The standard InChI is InChI=1S/C25H30ClN3O3/c1-18-14-25(30,23-13-20(26)9-10-22(23)24(31-2)32-3)11-12-28(18)16-19-15-27-29(17-19)21-7-5-4-6-8-21/h4-10,13,15,17-18,24,30H,11-12,14,16H2,1-3H3/t18-,25?/m0/s1. The molecule has 1 unspecified atom stereocenters. The zero-order chi connectivity index (χ0) is 22.7. The van der Waals surface area contributed by atoms with Gasteiger partial charge >= 0.3 is 0 Å². The molecule has 32 heavy (non-hydrogen) atoms. The van der Waals surface area contributed by atoms with Crippen LogP contribution in [0.2, 0.25) is 5.02 Å². The first kappa shape index (κ1) is 23.0. The first-order chi connectivity index (χ1) is 15.4. The summed E-state index contributed by atoms with van der Waals surface area (Å²) in [4.78, 5) is 2.38. The molecule has 170 valence electrons. The second-order valence-corrected chi connectivity index (χ2v) is 8.91. The van der Waals surface area contributed by atoms with Crippen LogP contribution in [0.3, 0.4) is 0 Å². The summed E-state index contributed by atoms with van der Waals surface area (Å²) < 4.78 is 12.8. The van der Waals surface area contributed by atoms with Crippen molar-refractivity contribution < 1.29 is 14.6 Å². The lowest BCUT2D eigenvalue weighted by Gasteiger charge is -2.44. The molecule has 1 aromatic heterocycles. The van der Waals surface area contributed by atoms with Crippen molar-refractivity contribution in [2.75, 3.05) is 20.8 Å². The van der Waals surface area contributed by atoms with Gasteiger partial charge in [0.2, 0.25) is 0 Å². The Bertz CT molecular complexity index is 1040. The molecule has 1 aliphatic rings. The summed E-state index contributed by atoms with van der Waals surface area (Å²) in [5, 5.41) is 16.8. The molecule has 4 rings (SSSR count). The maximum absolute atomic E-state index is 11.7. The molecule has 1 fully saturated rings. The highest BCUT2D eigenvalue weighted by Crippen LogP contribution is 2.41. The van der Waals surface area contributed by atoms with E-state index in [-0.39, 0.29) is 6.04 Å². The molecule has 0 saturated carbocycles. The minimum atomic E-state index is -1.00. The fraction of sp³-hybridized carbons (Fsp3) is 0.400. The molecule has 6 nitrogen and oxygen atoms in total. The van der Waals surface area contributed by atoms with Gasteiger partial charge in [0, 0.05) is 55.7 Å². The molecule has 0 aliphatic carbocycles. The zero-order valence-corrected chi connectivity index (χ0v) is 19.5. The largest absolute Gasteiger partial charge is 0.385 e. The predicted molar refractivity (Wildman–Crippen MR) is 125 cm³/mol. The second-order valence-electron chi connectivity index (χ2n) is 8.47. The lowest BCUT2D eigenvalue weighted by atomic mass is 9.79. The van der Waals surface area contributed by atoms with Gasteiger partial charge in [0.25, 0.3) is 0 Å². The van der Waals surface area contributed by atoms with Crippen LogP contribution in [0, 0.1) is 0 Å². The summed E-state index contributed by atoms with van der Waals surface area (Å²) in [5.41, 5.74) is 2.78. The topological polar surface area (TPSA) is 59.8 Å². The molecular formula is C25H30ClN3O3. The van der Waals surface area contributed by atoms with Gasteiger partial charge in [-0.15, -0.1) is 0 Å². The predicted octanol–water partition coefficient (Wildman–Crippen LogP) is 4.69. The van der Waals surface area contributed by atoms with Gasteiger partial charge in [-0.3, -0.25) is 4.90 Å². The Morgan fingerprint density at radius 3 is 2.62 bits per heavy atom. The molecule has 2 atom stereocenters. The number of hydrogen-bond acceptors (Lipinski definition) is 5. The summed E-state index contributed by atoms with van der Waals surface area (Å²) in [6.07, 6.45) is 4.62. The van der Waals surface area contributed by atoms with E-state index in [0.717, 1.165) is 35.5 Å². The minimum Gasteiger partial charge on any atom is -0.385 e. The fourth-order valence-electron chi connectivity index (χ4n) is 4.63. The first-order valence-electron chi connectivity index (χ1n) is 10.8. The van der Waals surface area contributed by atoms with Crippen molar-refractivity contribution in [1.82, 2.24) is 14.7 Å².